The molecule has 6 nitrogen and oxygen atoms in total. The number of rotatable bonds is 5. The van der Waals surface area contributed by atoms with E-state index in [0.29, 0.717) is 15.2 Å². The first-order valence-corrected chi connectivity index (χ1v) is 9.02. The highest BCUT2D eigenvalue weighted by molar-refractivity contribution is 9.10. The van der Waals surface area contributed by atoms with Crippen molar-refractivity contribution in [1.82, 2.24) is 9.97 Å². The number of methoxy groups -OCH3 is 1. The maximum absolute atomic E-state index is 12.2. The van der Waals surface area contributed by atoms with Crippen LogP contribution < -0.4 is 9.46 Å². The average Bonchev–Trinajstić information content (AvgIpc) is 2.44. The van der Waals surface area contributed by atoms with Crippen LogP contribution in [-0.4, -0.2) is 25.5 Å². The minimum absolute atomic E-state index is 0.00533. The van der Waals surface area contributed by atoms with Crippen LogP contribution in [0.5, 0.6) is 5.88 Å². The molecule has 0 aliphatic carbocycles. The molecule has 1 N–H and O–H groups in total. The zero-order valence-electron chi connectivity index (χ0n) is 11.2. The number of hydrogen-bond acceptors (Lipinski definition) is 5. The van der Waals surface area contributed by atoms with E-state index in [4.69, 9.17) is 27.9 Å². The number of hydrogen-bond donors (Lipinski definition) is 1. The van der Waals surface area contributed by atoms with Gasteiger partial charge in [-0.1, -0.05) is 29.3 Å². The molecule has 0 fully saturated rings. The van der Waals surface area contributed by atoms with Crippen molar-refractivity contribution >= 4 is 55.0 Å². The number of nitrogens with zero attached hydrogens (tertiary/aromatic N) is 2. The van der Waals surface area contributed by atoms with E-state index in [9.17, 15) is 8.42 Å². The lowest BCUT2D eigenvalue weighted by atomic mass is 10.2. The fraction of sp³-hybridized carbons (Fsp3) is 0.167. The van der Waals surface area contributed by atoms with E-state index in [1.807, 2.05) is 0 Å². The van der Waals surface area contributed by atoms with Crippen molar-refractivity contribution in [2.75, 3.05) is 11.8 Å². The molecule has 1 heterocycles. The summed E-state index contributed by atoms with van der Waals surface area (Å²) in [6.45, 7) is 0. The van der Waals surface area contributed by atoms with Crippen LogP contribution in [0.2, 0.25) is 10.0 Å². The first kappa shape index (κ1) is 17.3. The van der Waals surface area contributed by atoms with Gasteiger partial charge in [-0.25, -0.2) is 18.4 Å². The first-order chi connectivity index (χ1) is 10.3. The van der Waals surface area contributed by atoms with Gasteiger partial charge >= 0.3 is 0 Å². The zero-order valence-corrected chi connectivity index (χ0v) is 15.1. The summed E-state index contributed by atoms with van der Waals surface area (Å²) in [6, 6.07) is 4.61. The lowest BCUT2D eigenvalue weighted by Crippen LogP contribution is -2.17. The van der Waals surface area contributed by atoms with Gasteiger partial charge in [-0.3, -0.25) is 4.72 Å². The Labute approximate surface area is 146 Å². The van der Waals surface area contributed by atoms with Gasteiger partial charge in [-0.2, -0.15) is 0 Å². The Morgan fingerprint density at radius 1 is 1.32 bits per heavy atom. The summed E-state index contributed by atoms with van der Waals surface area (Å²) in [5.41, 5.74) is 0.492. The monoisotopic (exact) mass is 425 g/mol. The molecule has 0 unspecified atom stereocenters. The topological polar surface area (TPSA) is 81.2 Å². The van der Waals surface area contributed by atoms with E-state index in [0.717, 1.165) is 0 Å². The molecule has 22 heavy (non-hydrogen) atoms. The molecule has 118 valence electrons. The SMILES string of the molecule is COc1nc(Br)cnc1NS(=O)(=O)Cc1ccc(Cl)c(Cl)c1. The molecule has 1 aromatic heterocycles. The summed E-state index contributed by atoms with van der Waals surface area (Å²) in [7, 11) is -2.34. The molecular weight excluding hydrogens is 417 g/mol. The van der Waals surface area contributed by atoms with Crippen LogP contribution in [0.25, 0.3) is 0 Å². The van der Waals surface area contributed by atoms with Crippen LogP contribution in [0, 0.1) is 0 Å². The molecule has 0 radical (unpaired) electrons. The van der Waals surface area contributed by atoms with Crippen LogP contribution in [0.1, 0.15) is 5.56 Å². The van der Waals surface area contributed by atoms with Crippen molar-refractivity contribution in [3.8, 4) is 5.88 Å². The molecule has 2 rings (SSSR count). The third kappa shape index (κ3) is 4.45. The van der Waals surface area contributed by atoms with Crippen molar-refractivity contribution < 1.29 is 13.2 Å². The Morgan fingerprint density at radius 2 is 2.05 bits per heavy atom. The van der Waals surface area contributed by atoms with Gasteiger partial charge in [0.2, 0.25) is 15.8 Å². The van der Waals surface area contributed by atoms with Gasteiger partial charge in [0, 0.05) is 0 Å². The normalized spacial score (nSPS) is 11.3. The van der Waals surface area contributed by atoms with Crippen molar-refractivity contribution in [2.45, 2.75) is 5.75 Å². The summed E-state index contributed by atoms with van der Waals surface area (Å²) in [5, 5.41) is 0.645. The van der Waals surface area contributed by atoms with E-state index < -0.39 is 10.0 Å². The molecular formula is C12H10BrCl2N3O3S. The highest BCUT2D eigenvalue weighted by atomic mass is 79.9. The number of nitrogens with one attached hydrogen (secondary N) is 1. The Balaban J connectivity index is 2.22. The smallest absolute Gasteiger partial charge is 0.259 e. The van der Waals surface area contributed by atoms with Crippen LogP contribution >= 0.6 is 39.1 Å². The second-order valence-electron chi connectivity index (χ2n) is 4.16. The van der Waals surface area contributed by atoms with Gasteiger partial charge < -0.3 is 4.74 Å². The Hall–Kier alpha value is -1.09. The van der Waals surface area contributed by atoms with Gasteiger partial charge in [0.05, 0.1) is 29.1 Å². The molecule has 0 amide bonds. The molecule has 0 spiro atoms. The van der Waals surface area contributed by atoms with Crippen LogP contribution in [0.15, 0.2) is 29.0 Å². The van der Waals surface area contributed by atoms with Crippen molar-refractivity contribution in [3.05, 3.63) is 44.6 Å². The Bertz CT molecular complexity index is 802. The maximum Gasteiger partial charge on any atom is 0.259 e. The van der Waals surface area contributed by atoms with Gasteiger partial charge in [0.15, 0.2) is 0 Å². The number of ether oxygens (including phenoxy) is 1. The second kappa shape index (κ2) is 6.99. The van der Waals surface area contributed by atoms with Crippen LogP contribution in [0.4, 0.5) is 5.82 Å². The molecule has 0 saturated heterocycles. The fourth-order valence-corrected chi connectivity index (χ4v) is 3.31. The number of halogens is 3. The maximum atomic E-state index is 12.2. The highest BCUT2D eigenvalue weighted by Gasteiger charge is 2.17. The van der Waals surface area contributed by atoms with Gasteiger partial charge in [-0.15, -0.1) is 0 Å². The standard InChI is InChI=1S/C12H10BrCl2N3O3S/c1-21-12-11(16-5-10(13)17-12)18-22(19,20)6-7-2-3-8(14)9(15)4-7/h2-5H,6H2,1H3,(H,16,18). The lowest BCUT2D eigenvalue weighted by molar-refractivity contribution is 0.397. The van der Waals surface area contributed by atoms with Gasteiger partial charge in [-0.05, 0) is 33.6 Å². The Morgan fingerprint density at radius 3 is 2.68 bits per heavy atom. The van der Waals surface area contributed by atoms with E-state index in [-0.39, 0.29) is 22.5 Å². The second-order valence-corrected chi connectivity index (χ2v) is 7.51. The largest absolute Gasteiger partial charge is 0.478 e. The van der Waals surface area contributed by atoms with Crippen molar-refractivity contribution in [1.29, 1.82) is 0 Å². The number of anilines is 1. The predicted octanol–water partition coefficient (Wildman–Crippen LogP) is 3.50. The minimum Gasteiger partial charge on any atom is -0.478 e. The van der Waals surface area contributed by atoms with Gasteiger partial charge in [0.25, 0.3) is 5.88 Å². The summed E-state index contributed by atoms with van der Waals surface area (Å²) >= 11 is 14.8. The van der Waals surface area contributed by atoms with E-state index in [1.54, 1.807) is 6.07 Å². The molecule has 0 aliphatic heterocycles. The van der Waals surface area contributed by atoms with Crippen molar-refractivity contribution in [2.24, 2.45) is 0 Å². The summed E-state index contributed by atoms with van der Waals surface area (Å²) in [4.78, 5) is 7.91. The van der Waals surface area contributed by atoms with E-state index in [1.165, 1.54) is 25.4 Å². The molecule has 0 aliphatic rings. The minimum atomic E-state index is -3.71. The molecule has 1 aromatic carbocycles. The highest BCUT2D eigenvalue weighted by Crippen LogP contribution is 2.25. The van der Waals surface area contributed by atoms with Crippen LogP contribution in [-0.2, 0) is 15.8 Å². The molecule has 10 heteroatoms. The molecule has 0 atom stereocenters. The van der Waals surface area contributed by atoms with Crippen LogP contribution in [0.3, 0.4) is 0 Å². The summed E-state index contributed by atoms with van der Waals surface area (Å²) in [5.74, 6) is -0.219. The average molecular weight is 427 g/mol. The summed E-state index contributed by atoms with van der Waals surface area (Å²) < 4.78 is 32.1. The zero-order chi connectivity index (χ0) is 16.3. The molecule has 0 saturated carbocycles. The van der Waals surface area contributed by atoms with E-state index in [2.05, 4.69) is 30.6 Å². The lowest BCUT2D eigenvalue weighted by Gasteiger charge is -2.10. The number of aromatic nitrogens is 2. The quantitative estimate of drug-likeness (QED) is 0.791. The number of sulfonamides is 1. The van der Waals surface area contributed by atoms with Crippen molar-refractivity contribution in [3.63, 3.8) is 0 Å². The first-order valence-electron chi connectivity index (χ1n) is 5.81. The number of benzene rings is 1. The predicted molar refractivity (Wildman–Crippen MR) is 89.0 cm³/mol. The molecule has 2 aromatic rings. The fourth-order valence-electron chi connectivity index (χ4n) is 1.60. The van der Waals surface area contributed by atoms with Gasteiger partial charge in [0.1, 0.15) is 4.60 Å². The molecule has 0 bridgehead atoms. The summed E-state index contributed by atoms with van der Waals surface area (Å²) in [6.07, 6.45) is 1.36. The Kier molecular flexibility index (Phi) is 5.49. The third-order valence-electron chi connectivity index (χ3n) is 2.50. The van der Waals surface area contributed by atoms with E-state index >= 15 is 0 Å². The third-order valence-corrected chi connectivity index (χ3v) is 4.84.